The summed E-state index contributed by atoms with van der Waals surface area (Å²) in [5.74, 6) is 0.351. The van der Waals surface area contributed by atoms with E-state index < -0.39 is 0 Å². The van der Waals surface area contributed by atoms with Crippen molar-refractivity contribution in [3.63, 3.8) is 0 Å². The largest absolute Gasteiger partial charge is 0.421 e. The number of hydrogen-bond acceptors (Lipinski definition) is 3. The Morgan fingerprint density at radius 3 is 2.50 bits per heavy atom. The molecule has 3 nitrogen and oxygen atoms in total. The van der Waals surface area contributed by atoms with Gasteiger partial charge in [0.2, 0.25) is 0 Å². The van der Waals surface area contributed by atoms with Crippen molar-refractivity contribution in [2.45, 2.75) is 0 Å². The Morgan fingerprint density at radius 2 is 1.86 bits per heavy atom. The van der Waals surface area contributed by atoms with Crippen molar-refractivity contribution in [3.05, 3.63) is 41.6 Å². The Labute approximate surface area is 82.6 Å². The maximum absolute atomic E-state index is 11.4. The number of cyclic esters (lactones) is 1. The van der Waals surface area contributed by atoms with Gasteiger partial charge in [-0.2, -0.15) is 0 Å². The molecule has 3 heteroatoms. The highest BCUT2D eigenvalue weighted by Gasteiger charge is 2.25. The van der Waals surface area contributed by atoms with E-state index in [0.29, 0.717) is 11.3 Å². The van der Waals surface area contributed by atoms with Gasteiger partial charge >= 0.3 is 5.97 Å². The Balaban J connectivity index is 2.49. The third kappa shape index (κ3) is 1.37. The smallest absolute Gasteiger partial charge is 0.344 e. The fraction of sp³-hybridized carbons (Fsp3) is 0.182. The fourth-order valence-electron chi connectivity index (χ4n) is 1.42. The molecule has 0 saturated carbocycles. The van der Waals surface area contributed by atoms with Gasteiger partial charge in [0.05, 0.1) is 5.56 Å². The summed E-state index contributed by atoms with van der Waals surface area (Å²) in [5, 5.41) is 0. The van der Waals surface area contributed by atoms with E-state index in [1.807, 2.05) is 37.2 Å². The van der Waals surface area contributed by atoms with Crippen LogP contribution in [0.2, 0.25) is 0 Å². The number of carbonyl (C=O) groups is 1. The maximum atomic E-state index is 11.4. The Bertz CT molecular complexity index is 408. The standard InChI is InChI=1S/C11H11NO2/c1-12(2)7-10-8-5-3-4-6-9(8)11(13)14-10/h3-7H,1-2H3. The predicted octanol–water partition coefficient (Wildman–Crippen LogP) is 1.72. The molecule has 0 spiro atoms. The Hall–Kier alpha value is -1.77. The Kier molecular flexibility index (Phi) is 2.00. The normalized spacial score (nSPS) is 16.7. The monoisotopic (exact) mass is 189 g/mol. The molecule has 0 saturated heterocycles. The highest BCUT2D eigenvalue weighted by molar-refractivity contribution is 6.02. The summed E-state index contributed by atoms with van der Waals surface area (Å²) in [6.07, 6.45) is 1.80. The number of carbonyl (C=O) groups excluding carboxylic acids is 1. The average molecular weight is 189 g/mol. The van der Waals surface area contributed by atoms with Crippen molar-refractivity contribution < 1.29 is 9.53 Å². The van der Waals surface area contributed by atoms with Crippen LogP contribution in [0.5, 0.6) is 0 Å². The van der Waals surface area contributed by atoms with Gasteiger partial charge in [-0.1, -0.05) is 18.2 Å². The van der Waals surface area contributed by atoms with Crippen LogP contribution in [-0.4, -0.2) is 25.0 Å². The number of benzene rings is 1. The summed E-state index contributed by atoms with van der Waals surface area (Å²) in [6, 6.07) is 7.38. The van der Waals surface area contributed by atoms with Gasteiger partial charge in [0.15, 0.2) is 5.76 Å². The Morgan fingerprint density at radius 1 is 1.21 bits per heavy atom. The van der Waals surface area contributed by atoms with Crippen LogP contribution in [0, 0.1) is 0 Å². The van der Waals surface area contributed by atoms with Crippen molar-refractivity contribution >= 4 is 11.7 Å². The summed E-state index contributed by atoms with van der Waals surface area (Å²) in [5.41, 5.74) is 1.51. The highest BCUT2D eigenvalue weighted by Crippen LogP contribution is 2.29. The van der Waals surface area contributed by atoms with Crippen LogP contribution in [0.15, 0.2) is 30.5 Å². The second kappa shape index (κ2) is 3.18. The molecule has 0 amide bonds. The number of esters is 1. The molecular weight excluding hydrogens is 178 g/mol. The highest BCUT2D eigenvalue weighted by atomic mass is 16.5. The zero-order chi connectivity index (χ0) is 10.1. The lowest BCUT2D eigenvalue weighted by Crippen LogP contribution is -2.02. The van der Waals surface area contributed by atoms with Crippen LogP contribution in [-0.2, 0) is 4.74 Å². The van der Waals surface area contributed by atoms with Gasteiger partial charge in [-0.05, 0) is 6.07 Å². The molecule has 72 valence electrons. The molecule has 1 aliphatic heterocycles. The van der Waals surface area contributed by atoms with E-state index in [1.54, 1.807) is 12.3 Å². The number of fused-ring (bicyclic) bond motifs is 1. The lowest BCUT2D eigenvalue weighted by molar-refractivity contribution is 0.0714. The van der Waals surface area contributed by atoms with E-state index >= 15 is 0 Å². The summed E-state index contributed by atoms with van der Waals surface area (Å²) in [4.78, 5) is 13.2. The number of rotatable bonds is 1. The van der Waals surface area contributed by atoms with Crippen LogP contribution in [0.3, 0.4) is 0 Å². The van der Waals surface area contributed by atoms with Crippen molar-refractivity contribution in [2.24, 2.45) is 0 Å². The topological polar surface area (TPSA) is 29.5 Å². The number of nitrogens with zero attached hydrogens (tertiary/aromatic N) is 1. The molecule has 1 aromatic carbocycles. The molecule has 1 aromatic rings. The van der Waals surface area contributed by atoms with Crippen molar-refractivity contribution in [2.75, 3.05) is 14.1 Å². The zero-order valence-electron chi connectivity index (χ0n) is 8.15. The first-order chi connectivity index (χ1) is 6.68. The van der Waals surface area contributed by atoms with Crippen LogP contribution < -0.4 is 0 Å². The molecule has 0 radical (unpaired) electrons. The first kappa shape index (κ1) is 8.81. The molecule has 0 N–H and O–H groups in total. The molecule has 0 bridgehead atoms. The fourth-order valence-corrected chi connectivity index (χ4v) is 1.42. The summed E-state index contributed by atoms with van der Waals surface area (Å²) >= 11 is 0. The minimum Gasteiger partial charge on any atom is -0.421 e. The van der Waals surface area contributed by atoms with Gasteiger partial charge in [-0.15, -0.1) is 0 Å². The second-order valence-electron chi connectivity index (χ2n) is 3.39. The van der Waals surface area contributed by atoms with Gasteiger partial charge in [0.25, 0.3) is 0 Å². The van der Waals surface area contributed by atoms with Crippen LogP contribution >= 0.6 is 0 Å². The third-order valence-electron chi connectivity index (χ3n) is 1.99. The van der Waals surface area contributed by atoms with E-state index in [-0.39, 0.29) is 5.97 Å². The van der Waals surface area contributed by atoms with Gasteiger partial charge < -0.3 is 9.64 Å². The maximum Gasteiger partial charge on any atom is 0.344 e. The first-order valence-electron chi connectivity index (χ1n) is 4.38. The lowest BCUT2D eigenvalue weighted by atomic mass is 10.1. The lowest BCUT2D eigenvalue weighted by Gasteiger charge is -2.06. The summed E-state index contributed by atoms with van der Waals surface area (Å²) in [7, 11) is 3.78. The van der Waals surface area contributed by atoms with Crippen LogP contribution in [0.1, 0.15) is 15.9 Å². The molecule has 0 fully saturated rings. The molecule has 0 atom stereocenters. The first-order valence-corrected chi connectivity index (χ1v) is 4.38. The SMILES string of the molecule is CN(C)C=C1OC(=O)c2ccccc21. The van der Waals surface area contributed by atoms with Gasteiger partial charge in [-0.25, -0.2) is 4.79 Å². The van der Waals surface area contributed by atoms with E-state index in [9.17, 15) is 4.79 Å². The van der Waals surface area contributed by atoms with E-state index in [2.05, 4.69) is 0 Å². The van der Waals surface area contributed by atoms with Gasteiger partial charge in [-0.3, -0.25) is 0 Å². The van der Waals surface area contributed by atoms with E-state index in [0.717, 1.165) is 5.56 Å². The van der Waals surface area contributed by atoms with E-state index in [1.165, 1.54) is 0 Å². The van der Waals surface area contributed by atoms with Crippen LogP contribution in [0.25, 0.3) is 5.76 Å². The number of ether oxygens (including phenoxy) is 1. The number of hydrogen-bond donors (Lipinski definition) is 0. The minimum atomic E-state index is -0.270. The quantitative estimate of drug-likeness (QED) is 0.630. The van der Waals surface area contributed by atoms with Crippen molar-refractivity contribution in [1.82, 2.24) is 4.90 Å². The summed E-state index contributed by atoms with van der Waals surface area (Å²) in [6.45, 7) is 0. The van der Waals surface area contributed by atoms with Crippen molar-refractivity contribution in [3.8, 4) is 0 Å². The third-order valence-corrected chi connectivity index (χ3v) is 1.99. The zero-order valence-corrected chi connectivity index (χ0v) is 8.15. The molecule has 1 aliphatic rings. The molecule has 0 aromatic heterocycles. The van der Waals surface area contributed by atoms with Crippen molar-refractivity contribution in [1.29, 1.82) is 0 Å². The molecule has 1 heterocycles. The molecular formula is C11H11NO2. The molecule has 14 heavy (non-hydrogen) atoms. The van der Waals surface area contributed by atoms with Gasteiger partial charge in [0, 0.05) is 25.9 Å². The molecule has 2 rings (SSSR count). The molecule has 0 unspecified atom stereocenters. The summed E-state index contributed by atoms with van der Waals surface area (Å²) < 4.78 is 5.12. The second-order valence-corrected chi connectivity index (χ2v) is 3.39. The minimum absolute atomic E-state index is 0.270. The average Bonchev–Trinajstić information content (AvgIpc) is 2.44. The van der Waals surface area contributed by atoms with E-state index in [4.69, 9.17) is 4.74 Å². The van der Waals surface area contributed by atoms with Gasteiger partial charge in [0.1, 0.15) is 0 Å². The molecule has 0 aliphatic carbocycles. The van der Waals surface area contributed by atoms with Crippen LogP contribution in [0.4, 0.5) is 0 Å². The predicted molar refractivity (Wildman–Crippen MR) is 53.5 cm³/mol.